The van der Waals surface area contributed by atoms with Crippen molar-refractivity contribution in [2.75, 3.05) is 28.5 Å². The monoisotopic (exact) mass is 511 g/mol. The number of carbonyl (C=O) groups excluding carboxylic acids is 2. The van der Waals surface area contributed by atoms with Crippen LogP contribution >= 0.6 is 11.6 Å². The Morgan fingerprint density at radius 1 is 1.06 bits per heavy atom. The summed E-state index contributed by atoms with van der Waals surface area (Å²) in [5.41, 5.74) is 8.22. The second-order valence-electron chi connectivity index (χ2n) is 8.54. The summed E-state index contributed by atoms with van der Waals surface area (Å²) in [4.78, 5) is 27.5. The Morgan fingerprint density at radius 2 is 1.83 bits per heavy atom. The summed E-state index contributed by atoms with van der Waals surface area (Å²) in [6, 6.07) is 18.4. The van der Waals surface area contributed by atoms with E-state index in [4.69, 9.17) is 0 Å². The third-order valence-corrected chi connectivity index (χ3v) is 6.08. The number of piperidine rings is 1. The number of anilines is 3. The van der Waals surface area contributed by atoms with Gasteiger partial charge in [-0.25, -0.2) is 4.39 Å². The molecule has 4 rings (SSSR count). The van der Waals surface area contributed by atoms with Crippen LogP contribution in [0.1, 0.15) is 42.0 Å². The lowest BCUT2D eigenvalue weighted by atomic mass is 10.0. The molecule has 6 nitrogen and oxygen atoms in total. The molecule has 1 aliphatic heterocycles. The molecule has 36 heavy (non-hydrogen) atoms. The first kappa shape index (κ1) is 27.2. The minimum absolute atomic E-state index is 0.125. The van der Waals surface area contributed by atoms with Crippen LogP contribution in [0.2, 0.25) is 0 Å². The van der Waals surface area contributed by atoms with E-state index < -0.39 is 11.9 Å². The van der Waals surface area contributed by atoms with E-state index in [0.29, 0.717) is 30.9 Å². The average Bonchev–Trinajstić information content (AvgIpc) is 2.90. The van der Waals surface area contributed by atoms with Gasteiger partial charge in [0, 0.05) is 47.5 Å². The van der Waals surface area contributed by atoms with Gasteiger partial charge in [0.2, 0.25) is 5.91 Å². The average molecular weight is 512 g/mol. The molecule has 3 aromatic rings. The smallest absolute Gasteiger partial charge is 0.251 e. The molecule has 8 heteroatoms. The predicted molar refractivity (Wildman–Crippen MR) is 144 cm³/mol. The van der Waals surface area contributed by atoms with Crippen LogP contribution in [0.15, 0.2) is 66.7 Å². The highest BCUT2D eigenvalue weighted by Gasteiger charge is 2.25. The number of nitrogens with zero attached hydrogens (tertiary/aromatic N) is 1. The summed E-state index contributed by atoms with van der Waals surface area (Å²) in [6.45, 7) is 3.23. The molecular weight excluding hydrogens is 479 g/mol. The zero-order chi connectivity index (χ0) is 26.1. The minimum atomic E-state index is -0.940. The highest BCUT2D eigenvalue weighted by atomic mass is 35.5. The van der Waals surface area contributed by atoms with E-state index in [1.54, 1.807) is 24.3 Å². The minimum Gasteiger partial charge on any atom is -0.370 e. The maximum Gasteiger partial charge on any atom is 0.251 e. The number of aryl methyl sites for hydroxylation is 1. The zero-order valence-electron chi connectivity index (χ0n) is 20.7. The fourth-order valence-corrected chi connectivity index (χ4v) is 4.29. The number of hydrogen-bond acceptors (Lipinski definition) is 3. The number of quaternary nitrogens is 1. The molecule has 1 saturated heterocycles. The molecule has 1 aliphatic rings. The maximum absolute atomic E-state index is 14.7. The Bertz CT molecular complexity index is 1200. The number of hydrogen-bond donors (Lipinski definition) is 3. The van der Waals surface area contributed by atoms with E-state index >= 15 is 0 Å². The second kappa shape index (κ2) is 13.0. The Morgan fingerprint density at radius 3 is 2.53 bits per heavy atom. The molecule has 0 aliphatic carbocycles. The van der Waals surface area contributed by atoms with Gasteiger partial charge in [0.05, 0.1) is 6.54 Å². The molecule has 0 radical (unpaired) electrons. The van der Waals surface area contributed by atoms with Crippen LogP contribution in [0.25, 0.3) is 0 Å². The SMILES string of the molecule is CCl.Cc1cc(NC(=O)C(Nc2cccc(C[NH3+])c2)c2ccccc2F)ccc1N1CCCCC1=O. The number of carbonyl (C=O) groups is 2. The van der Waals surface area contributed by atoms with Crippen LogP contribution in [0.3, 0.4) is 0 Å². The van der Waals surface area contributed by atoms with Gasteiger partial charge in [0.15, 0.2) is 0 Å². The van der Waals surface area contributed by atoms with E-state index in [0.717, 1.165) is 29.7 Å². The molecule has 1 atom stereocenters. The number of amides is 2. The first-order chi connectivity index (χ1) is 17.5. The van der Waals surface area contributed by atoms with Gasteiger partial charge in [0.1, 0.15) is 11.9 Å². The summed E-state index contributed by atoms with van der Waals surface area (Å²) < 4.78 is 14.7. The standard InChI is InChI=1S/C27H29FN4O2.CH3Cl/c1-18-15-21(12-13-24(18)32-14-5-4-11-25(32)33)31-27(34)26(22-9-2-3-10-23(22)28)30-20-8-6-7-19(16-20)17-29;1-2/h2-3,6-10,12-13,15-16,26,30H,4-5,11,14,17,29H2,1H3,(H,31,34);1H3/p+1. The highest BCUT2D eigenvalue weighted by Crippen LogP contribution is 2.29. The second-order valence-corrected chi connectivity index (χ2v) is 8.54. The highest BCUT2D eigenvalue weighted by molar-refractivity contribution is 6.15. The van der Waals surface area contributed by atoms with Gasteiger partial charge in [-0.3, -0.25) is 9.59 Å². The van der Waals surface area contributed by atoms with Gasteiger partial charge >= 0.3 is 0 Å². The molecule has 2 amide bonds. The van der Waals surface area contributed by atoms with Crippen LogP contribution in [-0.4, -0.2) is 24.7 Å². The molecule has 0 spiro atoms. The normalized spacial score (nSPS) is 13.9. The van der Waals surface area contributed by atoms with Gasteiger partial charge in [-0.2, -0.15) is 0 Å². The number of halogens is 2. The van der Waals surface area contributed by atoms with Crippen LogP contribution in [0.4, 0.5) is 21.5 Å². The number of rotatable bonds is 7. The summed E-state index contributed by atoms with van der Waals surface area (Å²) in [6.07, 6.45) is 3.93. The largest absolute Gasteiger partial charge is 0.370 e. The molecule has 0 bridgehead atoms. The van der Waals surface area contributed by atoms with Crippen molar-refractivity contribution in [1.29, 1.82) is 0 Å². The van der Waals surface area contributed by atoms with Crippen molar-refractivity contribution in [1.82, 2.24) is 0 Å². The van der Waals surface area contributed by atoms with Crippen LogP contribution < -0.4 is 21.3 Å². The van der Waals surface area contributed by atoms with Gasteiger partial charge in [-0.15, -0.1) is 11.6 Å². The van der Waals surface area contributed by atoms with Crippen molar-refractivity contribution < 1.29 is 19.7 Å². The van der Waals surface area contributed by atoms with E-state index in [2.05, 4.69) is 28.0 Å². The van der Waals surface area contributed by atoms with Gasteiger partial charge in [0.25, 0.3) is 5.91 Å². The van der Waals surface area contributed by atoms with Gasteiger partial charge in [-0.05, 0) is 61.7 Å². The fourth-order valence-electron chi connectivity index (χ4n) is 4.29. The van der Waals surface area contributed by atoms with Crippen molar-refractivity contribution in [3.63, 3.8) is 0 Å². The molecule has 1 unspecified atom stereocenters. The quantitative estimate of drug-likeness (QED) is 0.388. The van der Waals surface area contributed by atoms with Crippen molar-refractivity contribution in [3.8, 4) is 0 Å². The van der Waals surface area contributed by atoms with Crippen molar-refractivity contribution in [2.45, 2.75) is 38.8 Å². The first-order valence-electron chi connectivity index (χ1n) is 11.9. The lowest BCUT2D eigenvalue weighted by Crippen LogP contribution is -2.47. The molecule has 3 aromatic carbocycles. The predicted octanol–water partition coefficient (Wildman–Crippen LogP) is 5.04. The molecule has 1 heterocycles. The zero-order valence-corrected chi connectivity index (χ0v) is 21.4. The molecule has 0 saturated carbocycles. The third-order valence-electron chi connectivity index (χ3n) is 6.08. The lowest BCUT2D eigenvalue weighted by Gasteiger charge is -2.28. The Kier molecular flexibility index (Phi) is 9.85. The van der Waals surface area contributed by atoms with E-state index in [1.165, 1.54) is 12.4 Å². The number of alkyl halides is 1. The van der Waals surface area contributed by atoms with Crippen molar-refractivity contribution in [2.24, 2.45) is 0 Å². The summed E-state index contributed by atoms with van der Waals surface area (Å²) >= 11 is 4.64. The Labute approximate surface area is 216 Å². The molecule has 5 N–H and O–H groups in total. The summed E-state index contributed by atoms with van der Waals surface area (Å²) in [5.74, 6) is -0.718. The summed E-state index contributed by atoms with van der Waals surface area (Å²) in [7, 11) is 0. The summed E-state index contributed by atoms with van der Waals surface area (Å²) in [5, 5.41) is 6.10. The van der Waals surface area contributed by atoms with E-state index in [1.807, 2.05) is 48.2 Å². The Balaban J connectivity index is 0.00000176. The molecule has 1 fully saturated rings. The maximum atomic E-state index is 14.7. The van der Waals surface area contributed by atoms with Crippen molar-refractivity contribution in [3.05, 3.63) is 89.2 Å². The van der Waals surface area contributed by atoms with Crippen molar-refractivity contribution >= 4 is 40.5 Å². The Hall–Kier alpha value is -3.42. The number of nitrogens with one attached hydrogen (secondary N) is 2. The topological polar surface area (TPSA) is 89.1 Å². The molecular formula is C28H33ClFN4O2+. The van der Waals surface area contributed by atoms with Crippen LogP contribution in [-0.2, 0) is 16.1 Å². The van der Waals surface area contributed by atoms with Gasteiger partial charge < -0.3 is 21.3 Å². The third kappa shape index (κ3) is 6.62. The number of benzene rings is 3. The van der Waals surface area contributed by atoms with Crippen LogP contribution in [0.5, 0.6) is 0 Å². The van der Waals surface area contributed by atoms with Gasteiger partial charge in [-0.1, -0.05) is 30.3 Å². The van der Waals surface area contributed by atoms with E-state index in [9.17, 15) is 14.0 Å². The fraction of sp³-hybridized carbons (Fsp3) is 0.286. The molecule has 0 aromatic heterocycles. The van der Waals surface area contributed by atoms with Crippen LogP contribution in [0, 0.1) is 12.7 Å². The lowest BCUT2D eigenvalue weighted by molar-refractivity contribution is -0.386. The first-order valence-corrected chi connectivity index (χ1v) is 12.7. The van der Waals surface area contributed by atoms with E-state index in [-0.39, 0.29) is 17.4 Å². The molecule has 190 valence electrons.